The first-order valence-electron chi connectivity index (χ1n) is 8.61. The zero-order chi connectivity index (χ0) is 15.2. The fourth-order valence-electron chi connectivity index (χ4n) is 2.57. The number of unbranched alkanes of at least 4 members (excludes halogenated alkanes) is 2. The SMILES string of the molecule is C=CCNC(=NCCCCCOC1CCCCC1)NCC.I. The van der Waals surface area contributed by atoms with Gasteiger partial charge in [-0.3, -0.25) is 4.99 Å². The van der Waals surface area contributed by atoms with E-state index in [1.807, 2.05) is 6.08 Å². The van der Waals surface area contributed by atoms with Crippen LogP contribution in [0, 0.1) is 0 Å². The normalized spacial score (nSPS) is 16.0. The number of nitrogens with zero attached hydrogens (tertiary/aromatic N) is 1. The Bertz CT molecular complexity index is 292. The van der Waals surface area contributed by atoms with Crippen molar-refractivity contribution < 1.29 is 4.74 Å². The van der Waals surface area contributed by atoms with Crippen molar-refractivity contribution in [3.05, 3.63) is 12.7 Å². The Balaban J connectivity index is 0.00000441. The molecule has 130 valence electrons. The molecule has 1 rings (SSSR count). The van der Waals surface area contributed by atoms with Gasteiger partial charge in [0, 0.05) is 26.2 Å². The summed E-state index contributed by atoms with van der Waals surface area (Å²) in [5, 5.41) is 6.44. The van der Waals surface area contributed by atoms with E-state index in [4.69, 9.17) is 4.74 Å². The van der Waals surface area contributed by atoms with E-state index in [9.17, 15) is 0 Å². The third-order valence-electron chi connectivity index (χ3n) is 3.74. The van der Waals surface area contributed by atoms with Crippen LogP contribution in [0.5, 0.6) is 0 Å². The van der Waals surface area contributed by atoms with Crippen molar-refractivity contribution in [2.24, 2.45) is 4.99 Å². The Morgan fingerprint density at radius 1 is 1.18 bits per heavy atom. The summed E-state index contributed by atoms with van der Waals surface area (Å²) < 4.78 is 5.93. The predicted molar refractivity (Wildman–Crippen MR) is 106 cm³/mol. The van der Waals surface area contributed by atoms with Crippen molar-refractivity contribution in [1.82, 2.24) is 10.6 Å². The highest BCUT2D eigenvalue weighted by atomic mass is 127. The maximum absolute atomic E-state index is 5.93. The van der Waals surface area contributed by atoms with Crippen LogP contribution in [0.2, 0.25) is 0 Å². The minimum Gasteiger partial charge on any atom is -0.378 e. The van der Waals surface area contributed by atoms with Gasteiger partial charge in [-0.05, 0) is 39.0 Å². The van der Waals surface area contributed by atoms with Crippen LogP contribution in [0.15, 0.2) is 17.6 Å². The molecule has 22 heavy (non-hydrogen) atoms. The van der Waals surface area contributed by atoms with Crippen molar-refractivity contribution in [2.45, 2.75) is 64.4 Å². The molecule has 0 aromatic carbocycles. The second-order valence-corrected chi connectivity index (χ2v) is 5.62. The fourth-order valence-corrected chi connectivity index (χ4v) is 2.57. The average molecular weight is 423 g/mol. The van der Waals surface area contributed by atoms with E-state index in [1.54, 1.807) is 0 Å². The minimum absolute atomic E-state index is 0. The number of rotatable bonds is 10. The van der Waals surface area contributed by atoms with Crippen molar-refractivity contribution in [3.8, 4) is 0 Å². The van der Waals surface area contributed by atoms with Gasteiger partial charge in [0.05, 0.1) is 6.10 Å². The van der Waals surface area contributed by atoms with Crippen LogP contribution < -0.4 is 10.6 Å². The molecule has 0 aliphatic heterocycles. The van der Waals surface area contributed by atoms with Gasteiger partial charge in [0.25, 0.3) is 0 Å². The van der Waals surface area contributed by atoms with E-state index in [0.29, 0.717) is 6.10 Å². The molecule has 0 heterocycles. The van der Waals surface area contributed by atoms with Crippen molar-refractivity contribution in [2.75, 3.05) is 26.2 Å². The molecule has 0 radical (unpaired) electrons. The zero-order valence-corrected chi connectivity index (χ0v) is 16.4. The molecule has 0 unspecified atom stereocenters. The Labute approximate surface area is 153 Å². The van der Waals surface area contributed by atoms with E-state index >= 15 is 0 Å². The van der Waals surface area contributed by atoms with Crippen LogP contribution >= 0.6 is 24.0 Å². The average Bonchev–Trinajstić information content (AvgIpc) is 2.52. The quantitative estimate of drug-likeness (QED) is 0.184. The first-order chi connectivity index (χ1) is 10.4. The predicted octanol–water partition coefficient (Wildman–Crippen LogP) is 3.87. The number of ether oxygens (including phenoxy) is 1. The molecule has 2 N–H and O–H groups in total. The Morgan fingerprint density at radius 3 is 2.64 bits per heavy atom. The summed E-state index contributed by atoms with van der Waals surface area (Å²) in [7, 11) is 0. The Hall–Kier alpha value is -0.300. The second-order valence-electron chi connectivity index (χ2n) is 5.62. The maximum Gasteiger partial charge on any atom is 0.191 e. The van der Waals surface area contributed by atoms with Gasteiger partial charge < -0.3 is 15.4 Å². The van der Waals surface area contributed by atoms with E-state index in [-0.39, 0.29) is 24.0 Å². The van der Waals surface area contributed by atoms with Gasteiger partial charge in [-0.25, -0.2) is 0 Å². The van der Waals surface area contributed by atoms with Gasteiger partial charge in [-0.2, -0.15) is 0 Å². The lowest BCUT2D eigenvalue weighted by atomic mass is 9.98. The van der Waals surface area contributed by atoms with E-state index in [2.05, 4.69) is 29.1 Å². The number of halogens is 1. The largest absolute Gasteiger partial charge is 0.378 e. The second kappa shape index (κ2) is 15.6. The number of aliphatic imine (C=N–C) groups is 1. The molecule has 0 aromatic rings. The van der Waals surface area contributed by atoms with Gasteiger partial charge in [0.2, 0.25) is 0 Å². The van der Waals surface area contributed by atoms with Crippen LogP contribution in [-0.2, 0) is 4.74 Å². The van der Waals surface area contributed by atoms with E-state index < -0.39 is 0 Å². The topological polar surface area (TPSA) is 45.7 Å². The summed E-state index contributed by atoms with van der Waals surface area (Å²) in [5.41, 5.74) is 0. The molecular weight excluding hydrogens is 389 g/mol. The third-order valence-corrected chi connectivity index (χ3v) is 3.74. The molecule has 0 saturated heterocycles. The minimum atomic E-state index is 0. The molecule has 1 aliphatic rings. The maximum atomic E-state index is 5.93. The molecule has 1 fully saturated rings. The lowest BCUT2D eigenvalue weighted by molar-refractivity contribution is 0.0264. The van der Waals surface area contributed by atoms with Crippen LogP contribution in [-0.4, -0.2) is 38.3 Å². The molecule has 1 aliphatic carbocycles. The summed E-state index contributed by atoms with van der Waals surface area (Å²) in [5.74, 6) is 0.885. The molecule has 0 bridgehead atoms. The summed E-state index contributed by atoms with van der Waals surface area (Å²) in [6, 6.07) is 0. The number of hydrogen-bond acceptors (Lipinski definition) is 2. The lowest BCUT2D eigenvalue weighted by Crippen LogP contribution is -2.37. The van der Waals surface area contributed by atoms with Crippen LogP contribution in [0.4, 0.5) is 0 Å². The highest BCUT2D eigenvalue weighted by molar-refractivity contribution is 14.0. The highest BCUT2D eigenvalue weighted by Gasteiger charge is 2.12. The van der Waals surface area contributed by atoms with Crippen molar-refractivity contribution in [1.29, 1.82) is 0 Å². The molecule has 5 heteroatoms. The number of hydrogen-bond donors (Lipinski definition) is 2. The van der Waals surface area contributed by atoms with E-state index in [1.165, 1.54) is 38.5 Å². The van der Waals surface area contributed by atoms with Gasteiger partial charge in [0.15, 0.2) is 5.96 Å². The smallest absolute Gasteiger partial charge is 0.191 e. The zero-order valence-electron chi connectivity index (χ0n) is 14.1. The molecular formula is C17H34IN3O. The number of guanidine groups is 1. The van der Waals surface area contributed by atoms with Crippen molar-refractivity contribution >= 4 is 29.9 Å². The Morgan fingerprint density at radius 2 is 1.95 bits per heavy atom. The van der Waals surface area contributed by atoms with Gasteiger partial charge in [-0.1, -0.05) is 25.3 Å². The number of nitrogens with one attached hydrogen (secondary N) is 2. The first kappa shape index (κ1) is 21.7. The van der Waals surface area contributed by atoms with Crippen LogP contribution in [0.3, 0.4) is 0 Å². The van der Waals surface area contributed by atoms with Crippen LogP contribution in [0.1, 0.15) is 58.3 Å². The summed E-state index contributed by atoms with van der Waals surface area (Å²) in [4.78, 5) is 4.54. The van der Waals surface area contributed by atoms with E-state index in [0.717, 1.165) is 45.0 Å². The molecule has 4 nitrogen and oxygen atoms in total. The molecule has 1 saturated carbocycles. The first-order valence-corrected chi connectivity index (χ1v) is 8.61. The van der Waals surface area contributed by atoms with Gasteiger partial charge >= 0.3 is 0 Å². The highest BCUT2D eigenvalue weighted by Crippen LogP contribution is 2.20. The summed E-state index contributed by atoms with van der Waals surface area (Å²) >= 11 is 0. The standard InChI is InChI=1S/C17H33N3O.HI/c1-3-13-19-17(18-4-2)20-14-9-6-10-15-21-16-11-7-5-8-12-16;/h3,16H,1,4-15H2,2H3,(H2,18,19,20);1H. The van der Waals surface area contributed by atoms with Gasteiger partial charge in [-0.15, -0.1) is 30.6 Å². The molecule has 0 amide bonds. The molecule has 0 aromatic heterocycles. The summed E-state index contributed by atoms with van der Waals surface area (Å²) in [6.07, 6.45) is 12.5. The third kappa shape index (κ3) is 11.3. The molecule has 0 atom stereocenters. The molecule has 0 spiro atoms. The Kier molecular flexibility index (Phi) is 15.4. The van der Waals surface area contributed by atoms with Gasteiger partial charge in [0.1, 0.15) is 0 Å². The lowest BCUT2D eigenvalue weighted by Gasteiger charge is -2.21. The summed E-state index contributed by atoms with van der Waals surface area (Å²) in [6.45, 7) is 9.21. The monoisotopic (exact) mass is 423 g/mol. The van der Waals surface area contributed by atoms with Crippen molar-refractivity contribution in [3.63, 3.8) is 0 Å². The van der Waals surface area contributed by atoms with Crippen LogP contribution in [0.25, 0.3) is 0 Å². The fraction of sp³-hybridized carbons (Fsp3) is 0.824.